The maximum Gasteiger partial charge on any atom is 0.305 e. The normalized spacial score (nSPS) is 44.7. The number of allylic oxidation sites excluding steroid dienone is 2. The number of rotatable bonds is 4. The third-order valence-corrected chi connectivity index (χ3v) is 12.2. The lowest BCUT2D eigenvalue weighted by molar-refractivity contribution is -0.158. The van der Waals surface area contributed by atoms with E-state index in [1.807, 2.05) is 11.1 Å². The molecule has 0 amide bonds. The summed E-state index contributed by atoms with van der Waals surface area (Å²) in [5.74, 6) is 2.01. The number of ether oxygens (including phenoxy) is 1. The number of fused-ring (bicyclic) bond motifs is 4. The van der Waals surface area contributed by atoms with E-state index in [4.69, 9.17) is 4.74 Å². The minimum atomic E-state index is -0.0336. The molecule has 2 nitrogen and oxygen atoms in total. The molecule has 0 heterocycles. The lowest BCUT2D eigenvalue weighted by atomic mass is 9.36. The second-order valence-electron chi connectivity index (χ2n) is 14.7. The van der Waals surface area contributed by atoms with Crippen LogP contribution in [0.4, 0.5) is 0 Å². The van der Waals surface area contributed by atoms with Crippen molar-refractivity contribution < 1.29 is 9.53 Å². The van der Waals surface area contributed by atoms with Gasteiger partial charge in [-0.2, -0.15) is 0 Å². The van der Waals surface area contributed by atoms with Gasteiger partial charge in [0.1, 0.15) is 0 Å². The Morgan fingerprint density at radius 2 is 1.61 bits per heavy atom. The van der Waals surface area contributed by atoms with Crippen molar-refractivity contribution in [3.63, 3.8) is 0 Å². The summed E-state index contributed by atoms with van der Waals surface area (Å²) in [6.07, 6.45) is 13.6. The van der Waals surface area contributed by atoms with Gasteiger partial charge in [0, 0.05) is 6.42 Å². The standard InChI is InChI=1S/C31H52O2/c1-21(2)22-12-15-31(8)25(29(22,6)14-13-26(32)33-9)11-10-23-24-20-27(3,4)16-17-28(24,5)18-19-30(23,31)7/h21-22,25H,10-20H2,1-9H3. The van der Waals surface area contributed by atoms with Crippen LogP contribution in [0.2, 0.25) is 0 Å². The molecule has 0 aromatic heterocycles. The highest BCUT2D eigenvalue weighted by atomic mass is 16.5. The SMILES string of the molecule is COC(=O)CCC1(C)C(C(C)C)CCC2(C)C1CCC1=C3CC(C)(C)CCC3(C)CCC12C. The van der Waals surface area contributed by atoms with Crippen molar-refractivity contribution >= 4 is 5.97 Å². The zero-order valence-corrected chi connectivity index (χ0v) is 23.3. The summed E-state index contributed by atoms with van der Waals surface area (Å²) in [5, 5.41) is 0. The maximum atomic E-state index is 12.2. The molecule has 0 N–H and O–H groups in total. The summed E-state index contributed by atoms with van der Waals surface area (Å²) < 4.78 is 5.09. The molecule has 33 heavy (non-hydrogen) atoms. The number of esters is 1. The summed E-state index contributed by atoms with van der Waals surface area (Å²) in [4.78, 5) is 12.2. The monoisotopic (exact) mass is 456 g/mol. The van der Waals surface area contributed by atoms with Crippen molar-refractivity contribution in [2.45, 2.75) is 126 Å². The molecule has 0 saturated heterocycles. The Hall–Kier alpha value is -0.790. The Balaban J connectivity index is 1.77. The summed E-state index contributed by atoms with van der Waals surface area (Å²) >= 11 is 0. The highest BCUT2D eigenvalue weighted by Crippen LogP contribution is 2.73. The number of hydrogen-bond donors (Lipinski definition) is 0. The Bertz CT molecular complexity index is 821. The molecule has 2 heteroatoms. The second kappa shape index (κ2) is 8.12. The van der Waals surface area contributed by atoms with Gasteiger partial charge in [-0.1, -0.05) is 66.5 Å². The van der Waals surface area contributed by atoms with Crippen LogP contribution in [0.5, 0.6) is 0 Å². The Labute approximate surface area is 204 Å². The number of hydrogen-bond acceptors (Lipinski definition) is 2. The fraction of sp³-hybridized carbons (Fsp3) is 0.903. The van der Waals surface area contributed by atoms with Gasteiger partial charge >= 0.3 is 5.97 Å². The molecule has 3 saturated carbocycles. The van der Waals surface area contributed by atoms with Crippen LogP contribution < -0.4 is 0 Å². The van der Waals surface area contributed by atoms with Gasteiger partial charge < -0.3 is 4.74 Å². The van der Waals surface area contributed by atoms with Crippen LogP contribution in [0.1, 0.15) is 126 Å². The Kier molecular flexibility index (Phi) is 6.23. The van der Waals surface area contributed by atoms with Gasteiger partial charge in [-0.25, -0.2) is 0 Å². The first-order valence-corrected chi connectivity index (χ1v) is 14.0. The van der Waals surface area contributed by atoms with E-state index in [2.05, 4.69) is 55.4 Å². The van der Waals surface area contributed by atoms with Crippen LogP contribution in [0.3, 0.4) is 0 Å². The van der Waals surface area contributed by atoms with Crippen molar-refractivity contribution in [1.29, 1.82) is 0 Å². The summed E-state index contributed by atoms with van der Waals surface area (Å²) in [5.41, 5.74) is 5.48. The number of carbonyl (C=O) groups is 1. The van der Waals surface area contributed by atoms with E-state index in [0.717, 1.165) is 6.42 Å². The van der Waals surface area contributed by atoms with E-state index in [9.17, 15) is 4.79 Å². The van der Waals surface area contributed by atoms with Crippen molar-refractivity contribution in [1.82, 2.24) is 0 Å². The van der Waals surface area contributed by atoms with Gasteiger partial charge in [0.15, 0.2) is 0 Å². The number of methoxy groups -OCH3 is 1. The predicted molar refractivity (Wildman–Crippen MR) is 138 cm³/mol. The minimum absolute atomic E-state index is 0.0336. The molecule has 4 rings (SSSR count). The van der Waals surface area contributed by atoms with Gasteiger partial charge in [-0.3, -0.25) is 4.79 Å². The van der Waals surface area contributed by atoms with Crippen LogP contribution in [0.15, 0.2) is 11.1 Å². The van der Waals surface area contributed by atoms with Gasteiger partial charge in [-0.15, -0.1) is 0 Å². The van der Waals surface area contributed by atoms with Gasteiger partial charge in [0.05, 0.1) is 7.11 Å². The zero-order chi connectivity index (χ0) is 24.4. The molecule has 0 spiro atoms. The summed E-state index contributed by atoms with van der Waals surface area (Å²) in [6.45, 7) is 20.3. The van der Waals surface area contributed by atoms with E-state index in [0.29, 0.717) is 45.8 Å². The lowest BCUT2D eigenvalue weighted by Crippen LogP contribution is -2.60. The molecule has 6 unspecified atom stereocenters. The van der Waals surface area contributed by atoms with Gasteiger partial charge in [0.25, 0.3) is 0 Å². The van der Waals surface area contributed by atoms with E-state index in [1.165, 1.54) is 57.8 Å². The maximum absolute atomic E-state index is 12.2. The molecule has 0 aromatic carbocycles. The van der Waals surface area contributed by atoms with Crippen molar-refractivity contribution in [3.05, 3.63) is 11.1 Å². The third-order valence-electron chi connectivity index (χ3n) is 12.2. The van der Waals surface area contributed by atoms with Crippen LogP contribution in [-0.2, 0) is 9.53 Å². The molecular weight excluding hydrogens is 404 g/mol. The predicted octanol–water partition coefficient (Wildman–Crippen LogP) is 8.74. The molecule has 0 aliphatic heterocycles. The average molecular weight is 457 g/mol. The Morgan fingerprint density at radius 1 is 0.939 bits per heavy atom. The molecule has 3 fully saturated rings. The first kappa shape index (κ1) is 25.3. The van der Waals surface area contributed by atoms with Crippen LogP contribution >= 0.6 is 0 Å². The highest BCUT2D eigenvalue weighted by Gasteiger charge is 2.64. The minimum Gasteiger partial charge on any atom is -0.469 e. The number of carbonyl (C=O) groups excluding carboxylic acids is 1. The first-order valence-electron chi connectivity index (χ1n) is 14.0. The van der Waals surface area contributed by atoms with E-state index in [1.54, 1.807) is 7.11 Å². The van der Waals surface area contributed by atoms with Crippen LogP contribution in [-0.4, -0.2) is 13.1 Å². The first-order chi connectivity index (χ1) is 15.2. The molecule has 0 radical (unpaired) electrons. The summed E-state index contributed by atoms with van der Waals surface area (Å²) in [7, 11) is 1.54. The Morgan fingerprint density at radius 3 is 2.24 bits per heavy atom. The van der Waals surface area contributed by atoms with Crippen molar-refractivity contribution in [2.24, 2.45) is 44.8 Å². The quantitative estimate of drug-likeness (QED) is 0.312. The fourth-order valence-electron chi connectivity index (χ4n) is 9.83. The summed E-state index contributed by atoms with van der Waals surface area (Å²) in [6, 6.07) is 0. The molecule has 6 atom stereocenters. The largest absolute Gasteiger partial charge is 0.469 e. The average Bonchev–Trinajstić information content (AvgIpc) is 2.73. The fourth-order valence-corrected chi connectivity index (χ4v) is 9.83. The lowest BCUT2D eigenvalue weighted by Gasteiger charge is -2.68. The zero-order valence-electron chi connectivity index (χ0n) is 23.3. The molecular formula is C31H52O2. The van der Waals surface area contributed by atoms with E-state index < -0.39 is 0 Å². The second-order valence-corrected chi connectivity index (χ2v) is 14.7. The van der Waals surface area contributed by atoms with Gasteiger partial charge in [0.2, 0.25) is 0 Å². The molecule has 4 aliphatic rings. The van der Waals surface area contributed by atoms with Crippen LogP contribution in [0.25, 0.3) is 0 Å². The van der Waals surface area contributed by atoms with Crippen LogP contribution in [0, 0.1) is 44.8 Å². The van der Waals surface area contributed by atoms with Crippen molar-refractivity contribution in [2.75, 3.05) is 7.11 Å². The highest BCUT2D eigenvalue weighted by molar-refractivity contribution is 5.69. The molecule has 188 valence electrons. The van der Waals surface area contributed by atoms with Crippen molar-refractivity contribution in [3.8, 4) is 0 Å². The van der Waals surface area contributed by atoms with Gasteiger partial charge in [-0.05, 0) is 109 Å². The topological polar surface area (TPSA) is 26.3 Å². The van der Waals surface area contributed by atoms with E-state index in [-0.39, 0.29) is 11.4 Å². The molecule has 4 aliphatic carbocycles. The smallest absolute Gasteiger partial charge is 0.305 e. The molecule has 0 aromatic rings. The van der Waals surface area contributed by atoms with E-state index >= 15 is 0 Å². The molecule has 0 bridgehead atoms. The third kappa shape index (κ3) is 3.76.